The Hall–Kier alpha value is -1.43. The summed E-state index contributed by atoms with van der Waals surface area (Å²) in [6.45, 7) is 3.68. The van der Waals surface area contributed by atoms with Crippen LogP contribution in [-0.4, -0.2) is 43.8 Å². The van der Waals surface area contributed by atoms with E-state index in [0.717, 1.165) is 24.3 Å². The molecule has 118 valence electrons. The molecule has 0 N–H and O–H groups in total. The van der Waals surface area contributed by atoms with Crippen molar-refractivity contribution >= 4 is 11.6 Å². The number of rotatable bonds is 2. The molecule has 4 rings (SSSR count). The maximum Gasteiger partial charge on any atom is 0.293 e. The SMILES string of the molecule is O=C1N(CN2CCCCCC2)c2ccccc2C12OCCO2. The molecular formula is C17H22N2O3. The number of fused-ring (bicyclic) bond motifs is 2. The Morgan fingerprint density at radius 1 is 1.00 bits per heavy atom. The van der Waals surface area contributed by atoms with E-state index in [1.165, 1.54) is 25.7 Å². The minimum atomic E-state index is -1.19. The van der Waals surface area contributed by atoms with Crippen molar-refractivity contribution in [2.24, 2.45) is 0 Å². The molecule has 0 atom stereocenters. The van der Waals surface area contributed by atoms with Gasteiger partial charge >= 0.3 is 0 Å². The van der Waals surface area contributed by atoms with E-state index in [1.54, 1.807) is 0 Å². The summed E-state index contributed by atoms with van der Waals surface area (Å²) in [5.41, 5.74) is 1.78. The monoisotopic (exact) mass is 302 g/mol. The molecule has 1 amide bonds. The highest BCUT2D eigenvalue weighted by molar-refractivity contribution is 6.06. The predicted molar refractivity (Wildman–Crippen MR) is 82.4 cm³/mol. The molecule has 0 aliphatic carbocycles. The summed E-state index contributed by atoms with van der Waals surface area (Å²) in [6, 6.07) is 7.84. The number of ether oxygens (including phenoxy) is 2. The summed E-state index contributed by atoms with van der Waals surface area (Å²) in [7, 11) is 0. The van der Waals surface area contributed by atoms with Crippen molar-refractivity contribution in [2.75, 3.05) is 37.9 Å². The molecule has 0 radical (unpaired) electrons. The van der Waals surface area contributed by atoms with Gasteiger partial charge in [0.05, 0.1) is 25.6 Å². The summed E-state index contributed by atoms with van der Waals surface area (Å²) < 4.78 is 11.5. The van der Waals surface area contributed by atoms with E-state index in [0.29, 0.717) is 19.9 Å². The molecule has 5 nitrogen and oxygen atoms in total. The molecule has 3 aliphatic rings. The summed E-state index contributed by atoms with van der Waals surface area (Å²) in [6.07, 6.45) is 5.00. The van der Waals surface area contributed by atoms with Crippen molar-refractivity contribution in [3.05, 3.63) is 29.8 Å². The first-order chi connectivity index (χ1) is 10.8. The van der Waals surface area contributed by atoms with Gasteiger partial charge in [-0.05, 0) is 32.0 Å². The average molecular weight is 302 g/mol. The zero-order valence-electron chi connectivity index (χ0n) is 12.8. The molecule has 1 aromatic rings. The van der Waals surface area contributed by atoms with E-state index in [1.807, 2.05) is 29.2 Å². The maximum atomic E-state index is 13.0. The van der Waals surface area contributed by atoms with Gasteiger partial charge in [-0.1, -0.05) is 31.0 Å². The number of amides is 1. The zero-order valence-corrected chi connectivity index (χ0v) is 12.8. The molecule has 0 saturated carbocycles. The van der Waals surface area contributed by atoms with Crippen molar-refractivity contribution in [1.29, 1.82) is 0 Å². The van der Waals surface area contributed by atoms with Crippen LogP contribution >= 0.6 is 0 Å². The van der Waals surface area contributed by atoms with Crippen LogP contribution in [0.2, 0.25) is 0 Å². The Bertz CT molecular complexity index is 561. The molecule has 0 unspecified atom stereocenters. The quantitative estimate of drug-likeness (QED) is 0.839. The van der Waals surface area contributed by atoms with E-state index in [2.05, 4.69) is 4.90 Å². The first-order valence-corrected chi connectivity index (χ1v) is 8.23. The number of nitrogens with zero attached hydrogens (tertiary/aromatic N) is 2. The Balaban J connectivity index is 1.64. The molecule has 2 saturated heterocycles. The minimum Gasteiger partial charge on any atom is -0.336 e. The smallest absolute Gasteiger partial charge is 0.293 e. The Kier molecular flexibility index (Phi) is 3.64. The van der Waals surface area contributed by atoms with Crippen molar-refractivity contribution < 1.29 is 14.3 Å². The molecule has 3 heterocycles. The first kappa shape index (κ1) is 14.2. The Morgan fingerprint density at radius 3 is 2.41 bits per heavy atom. The average Bonchev–Trinajstić information content (AvgIpc) is 3.01. The van der Waals surface area contributed by atoms with Gasteiger partial charge in [-0.2, -0.15) is 0 Å². The molecule has 5 heteroatoms. The molecule has 22 heavy (non-hydrogen) atoms. The van der Waals surface area contributed by atoms with E-state index in [4.69, 9.17) is 9.47 Å². The molecule has 1 spiro atoms. The largest absolute Gasteiger partial charge is 0.336 e. The van der Waals surface area contributed by atoms with Gasteiger partial charge in [0.1, 0.15) is 0 Å². The van der Waals surface area contributed by atoms with E-state index < -0.39 is 5.79 Å². The van der Waals surface area contributed by atoms with E-state index in [-0.39, 0.29) is 5.91 Å². The third-order valence-electron chi connectivity index (χ3n) is 4.81. The Labute approximate surface area is 130 Å². The van der Waals surface area contributed by atoms with Crippen LogP contribution in [0, 0.1) is 0 Å². The van der Waals surface area contributed by atoms with Crippen LogP contribution in [0.3, 0.4) is 0 Å². The molecule has 3 aliphatic heterocycles. The maximum absolute atomic E-state index is 13.0. The van der Waals surface area contributed by atoms with Crippen molar-refractivity contribution in [1.82, 2.24) is 4.90 Å². The van der Waals surface area contributed by atoms with Gasteiger partial charge in [0.25, 0.3) is 11.7 Å². The van der Waals surface area contributed by atoms with E-state index in [9.17, 15) is 4.79 Å². The predicted octanol–water partition coefficient (Wildman–Crippen LogP) is 2.07. The fourth-order valence-electron chi connectivity index (χ4n) is 3.70. The second-order valence-electron chi connectivity index (χ2n) is 6.24. The highest BCUT2D eigenvalue weighted by atomic mass is 16.7. The van der Waals surface area contributed by atoms with Crippen LogP contribution < -0.4 is 4.90 Å². The van der Waals surface area contributed by atoms with E-state index >= 15 is 0 Å². The normalized spacial score (nSPS) is 24.7. The second-order valence-corrected chi connectivity index (χ2v) is 6.24. The van der Waals surface area contributed by atoms with Gasteiger partial charge in [0.15, 0.2) is 0 Å². The van der Waals surface area contributed by atoms with Gasteiger partial charge in [-0.3, -0.25) is 14.6 Å². The number of likely N-dealkylation sites (tertiary alicyclic amines) is 1. The van der Waals surface area contributed by atoms with Crippen LogP contribution in [0.25, 0.3) is 0 Å². The number of hydrogen-bond donors (Lipinski definition) is 0. The number of anilines is 1. The first-order valence-electron chi connectivity index (χ1n) is 8.23. The van der Waals surface area contributed by atoms with Crippen molar-refractivity contribution in [2.45, 2.75) is 31.5 Å². The number of hydrogen-bond acceptors (Lipinski definition) is 4. The third kappa shape index (κ3) is 2.16. The standard InChI is InChI=1S/C17H22N2O3/c20-16-17(21-11-12-22-17)14-7-3-4-8-15(14)19(16)13-18-9-5-1-2-6-10-18/h3-4,7-8H,1-2,5-6,9-13H2. The summed E-state index contributed by atoms with van der Waals surface area (Å²) in [5.74, 6) is -1.27. The minimum absolute atomic E-state index is 0.0737. The molecule has 0 aromatic heterocycles. The van der Waals surface area contributed by atoms with Gasteiger partial charge in [-0.15, -0.1) is 0 Å². The number of benzene rings is 1. The lowest BCUT2D eigenvalue weighted by Crippen LogP contribution is -2.46. The molecule has 0 bridgehead atoms. The van der Waals surface area contributed by atoms with Crippen LogP contribution in [0.15, 0.2) is 24.3 Å². The lowest BCUT2D eigenvalue weighted by atomic mass is 10.1. The summed E-state index contributed by atoms with van der Waals surface area (Å²) in [5, 5.41) is 0. The molecule has 2 fully saturated rings. The topological polar surface area (TPSA) is 42.0 Å². The summed E-state index contributed by atoms with van der Waals surface area (Å²) in [4.78, 5) is 17.2. The lowest BCUT2D eigenvalue weighted by Gasteiger charge is -2.28. The lowest BCUT2D eigenvalue weighted by molar-refractivity contribution is -0.181. The van der Waals surface area contributed by atoms with Crippen molar-refractivity contribution in [3.8, 4) is 0 Å². The number of para-hydroxylation sites is 1. The molecule has 1 aromatic carbocycles. The van der Waals surface area contributed by atoms with Gasteiger partial charge in [0, 0.05) is 5.56 Å². The van der Waals surface area contributed by atoms with Crippen LogP contribution in [-0.2, 0) is 20.1 Å². The van der Waals surface area contributed by atoms with Gasteiger partial charge in [0.2, 0.25) is 0 Å². The highest BCUT2D eigenvalue weighted by Crippen LogP contribution is 2.45. The zero-order chi connectivity index (χ0) is 15.0. The summed E-state index contributed by atoms with van der Waals surface area (Å²) >= 11 is 0. The second kappa shape index (κ2) is 5.65. The van der Waals surface area contributed by atoms with Crippen LogP contribution in [0.5, 0.6) is 0 Å². The number of carbonyl (C=O) groups is 1. The molecular weight excluding hydrogens is 280 g/mol. The van der Waals surface area contributed by atoms with Crippen LogP contribution in [0.4, 0.5) is 5.69 Å². The third-order valence-corrected chi connectivity index (χ3v) is 4.81. The fourth-order valence-corrected chi connectivity index (χ4v) is 3.70. The van der Waals surface area contributed by atoms with Gasteiger partial charge in [-0.25, -0.2) is 0 Å². The Morgan fingerprint density at radius 2 is 1.68 bits per heavy atom. The number of carbonyl (C=O) groups excluding carboxylic acids is 1. The fraction of sp³-hybridized carbons (Fsp3) is 0.588. The van der Waals surface area contributed by atoms with Gasteiger partial charge < -0.3 is 9.47 Å². The highest BCUT2D eigenvalue weighted by Gasteiger charge is 2.56. The van der Waals surface area contributed by atoms with Crippen molar-refractivity contribution in [3.63, 3.8) is 0 Å². The van der Waals surface area contributed by atoms with Crippen LogP contribution in [0.1, 0.15) is 31.2 Å².